The first-order chi connectivity index (χ1) is 12.2. The molecule has 3 rings (SSSR count). The van der Waals surface area contributed by atoms with Crippen LogP contribution in [0.15, 0.2) is 46.3 Å². The molecule has 0 saturated carbocycles. The lowest BCUT2D eigenvalue weighted by atomic mass is 9.93. The number of allylic oxidation sites excluding steroid dienone is 2. The van der Waals surface area contributed by atoms with Gasteiger partial charge in [0, 0.05) is 17.6 Å². The average molecular weight is 356 g/mol. The molecule has 0 spiro atoms. The van der Waals surface area contributed by atoms with E-state index >= 15 is 0 Å². The summed E-state index contributed by atoms with van der Waals surface area (Å²) in [7, 11) is 1.69. The Morgan fingerprint density at radius 3 is 3.00 bits per heavy atom. The third kappa shape index (κ3) is 4.61. The largest absolute Gasteiger partial charge is 0.383 e. The van der Waals surface area contributed by atoms with Crippen LogP contribution in [0.3, 0.4) is 0 Å². The van der Waals surface area contributed by atoms with Crippen LogP contribution in [-0.2, 0) is 4.74 Å². The summed E-state index contributed by atoms with van der Waals surface area (Å²) < 4.78 is 5.07. The van der Waals surface area contributed by atoms with E-state index in [1.54, 1.807) is 25.8 Å². The number of aliphatic imine (C=N–C) groups is 1. The normalized spacial score (nSPS) is 21.7. The van der Waals surface area contributed by atoms with E-state index in [0.717, 1.165) is 35.6 Å². The van der Waals surface area contributed by atoms with Crippen molar-refractivity contribution in [3.05, 3.63) is 52.4 Å². The van der Waals surface area contributed by atoms with Gasteiger partial charge in [-0.1, -0.05) is 42.1 Å². The minimum Gasteiger partial charge on any atom is -0.383 e. The van der Waals surface area contributed by atoms with Crippen molar-refractivity contribution in [2.45, 2.75) is 32.2 Å². The van der Waals surface area contributed by atoms with Crippen molar-refractivity contribution in [2.75, 3.05) is 20.3 Å². The number of thioether (sulfide) groups is 1. The van der Waals surface area contributed by atoms with Gasteiger partial charge in [0.1, 0.15) is 0 Å². The molecule has 1 heterocycles. The first kappa shape index (κ1) is 18.0. The lowest BCUT2D eigenvalue weighted by Gasteiger charge is -2.18. The molecular formula is C20H24N2O2S. The molecule has 0 bridgehead atoms. The van der Waals surface area contributed by atoms with Crippen LogP contribution >= 0.6 is 11.8 Å². The average Bonchev–Trinajstić information content (AvgIpc) is 2.96. The van der Waals surface area contributed by atoms with Crippen LogP contribution in [0.1, 0.15) is 42.1 Å². The van der Waals surface area contributed by atoms with Gasteiger partial charge in [-0.25, -0.2) is 0 Å². The van der Waals surface area contributed by atoms with E-state index in [9.17, 15) is 4.79 Å². The topological polar surface area (TPSA) is 50.7 Å². The molecule has 1 atom stereocenters. The maximum atomic E-state index is 11.7. The van der Waals surface area contributed by atoms with Gasteiger partial charge in [-0.3, -0.25) is 9.79 Å². The molecule has 4 nitrogen and oxygen atoms in total. The van der Waals surface area contributed by atoms with Crippen LogP contribution in [-0.4, -0.2) is 37.3 Å². The van der Waals surface area contributed by atoms with Crippen LogP contribution in [0, 0.1) is 0 Å². The second-order valence-electron chi connectivity index (χ2n) is 6.23. The van der Waals surface area contributed by atoms with E-state index < -0.39 is 0 Å². The lowest BCUT2D eigenvalue weighted by molar-refractivity contribution is 0.101. The Kier molecular flexibility index (Phi) is 6.10. The third-order valence-corrected chi connectivity index (χ3v) is 5.50. The molecule has 1 saturated heterocycles. The molecule has 1 aliphatic heterocycles. The highest BCUT2D eigenvalue weighted by Gasteiger charge is 2.27. The van der Waals surface area contributed by atoms with Crippen LogP contribution in [0.4, 0.5) is 0 Å². The Bertz CT molecular complexity index is 737. The number of nitrogens with one attached hydrogen (secondary N) is 1. The van der Waals surface area contributed by atoms with Gasteiger partial charge in [-0.2, -0.15) is 0 Å². The number of Topliss-reactive ketones (excluding diaryl/α,β-unsaturated/α-hetero) is 1. The number of ether oxygens (including phenoxy) is 1. The number of carbonyl (C=O) groups excluding carboxylic acids is 1. The summed E-state index contributed by atoms with van der Waals surface area (Å²) >= 11 is 1.74. The molecule has 25 heavy (non-hydrogen) atoms. The van der Waals surface area contributed by atoms with Crippen molar-refractivity contribution < 1.29 is 9.53 Å². The number of nitrogens with zero attached hydrogens (tertiary/aromatic N) is 1. The number of carbonyl (C=O) groups is 1. The molecule has 2 aliphatic rings. The number of hydrogen-bond donors (Lipinski definition) is 1. The maximum Gasteiger partial charge on any atom is 0.161 e. The Labute approximate surface area is 153 Å². The van der Waals surface area contributed by atoms with Crippen LogP contribution in [0.2, 0.25) is 0 Å². The highest BCUT2D eigenvalue weighted by atomic mass is 32.2. The number of hydrogen-bond acceptors (Lipinski definition) is 4. The molecule has 1 aromatic rings. The Morgan fingerprint density at radius 1 is 1.36 bits per heavy atom. The summed E-state index contributed by atoms with van der Waals surface area (Å²) in [5.74, 6) is 0.107. The van der Waals surface area contributed by atoms with Gasteiger partial charge in [0.2, 0.25) is 0 Å². The summed E-state index contributed by atoms with van der Waals surface area (Å²) in [4.78, 5) is 17.6. The van der Waals surface area contributed by atoms with E-state index in [0.29, 0.717) is 13.2 Å². The number of fused-ring (bicyclic) bond motifs is 1. The molecule has 1 N–H and O–H groups in total. The van der Waals surface area contributed by atoms with Crippen molar-refractivity contribution in [3.63, 3.8) is 0 Å². The molecule has 132 valence electrons. The standard InChI is InChI=1S/C20H24N2O2S/c1-14(23)15-7-5-8-16(12-15)17-6-3-4-9-19-18(13-17)22-20(25-19)21-10-11-24-2/h5-9,12,18H,3-4,10-11,13H2,1-2H3,(H,21,22). The fourth-order valence-corrected chi connectivity index (χ4v) is 4.11. The van der Waals surface area contributed by atoms with Crippen molar-refractivity contribution in [1.29, 1.82) is 0 Å². The number of rotatable bonds is 5. The van der Waals surface area contributed by atoms with Crippen molar-refractivity contribution in [1.82, 2.24) is 5.32 Å². The van der Waals surface area contributed by atoms with E-state index in [-0.39, 0.29) is 11.8 Å². The molecule has 1 fully saturated rings. The highest BCUT2D eigenvalue weighted by molar-refractivity contribution is 8.17. The quantitative estimate of drug-likeness (QED) is 0.639. The monoisotopic (exact) mass is 356 g/mol. The van der Waals surface area contributed by atoms with E-state index in [4.69, 9.17) is 4.74 Å². The third-order valence-electron chi connectivity index (χ3n) is 4.37. The van der Waals surface area contributed by atoms with Gasteiger partial charge in [-0.15, -0.1) is 0 Å². The molecular weight excluding hydrogens is 332 g/mol. The predicted octanol–water partition coefficient (Wildman–Crippen LogP) is 4.05. The molecule has 0 aromatic heterocycles. The van der Waals surface area contributed by atoms with Gasteiger partial charge in [0.15, 0.2) is 11.0 Å². The Hall–Kier alpha value is -1.85. The van der Waals surface area contributed by atoms with E-state index in [1.807, 2.05) is 18.2 Å². The predicted molar refractivity (Wildman–Crippen MR) is 105 cm³/mol. The van der Waals surface area contributed by atoms with Gasteiger partial charge in [0.25, 0.3) is 0 Å². The molecule has 1 aliphatic carbocycles. The van der Waals surface area contributed by atoms with Gasteiger partial charge < -0.3 is 10.1 Å². The van der Waals surface area contributed by atoms with E-state index in [1.165, 1.54) is 10.5 Å². The fraction of sp³-hybridized carbons (Fsp3) is 0.400. The summed E-state index contributed by atoms with van der Waals surface area (Å²) in [6.07, 6.45) is 7.58. The smallest absolute Gasteiger partial charge is 0.161 e. The minimum absolute atomic E-state index is 0.107. The summed E-state index contributed by atoms with van der Waals surface area (Å²) in [5, 5.41) is 4.52. The highest BCUT2D eigenvalue weighted by Crippen LogP contribution is 2.36. The van der Waals surface area contributed by atoms with Crippen LogP contribution in [0.5, 0.6) is 0 Å². The zero-order chi connectivity index (χ0) is 17.6. The summed E-state index contributed by atoms with van der Waals surface area (Å²) in [6, 6.07) is 8.22. The minimum atomic E-state index is 0.107. The molecule has 0 radical (unpaired) electrons. The van der Waals surface area contributed by atoms with Gasteiger partial charge in [-0.05, 0) is 43.4 Å². The SMILES string of the molecule is COCCN=C1NC2CC(c3cccc(C(C)=O)c3)=CCCC=C2S1. The second-order valence-corrected chi connectivity index (χ2v) is 7.30. The van der Waals surface area contributed by atoms with Crippen molar-refractivity contribution >= 4 is 28.3 Å². The first-order valence-electron chi connectivity index (χ1n) is 8.65. The zero-order valence-corrected chi connectivity index (χ0v) is 15.6. The van der Waals surface area contributed by atoms with Crippen molar-refractivity contribution in [2.24, 2.45) is 4.99 Å². The summed E-state index contributed by atoms with van der Waals surface area (Å²) in [6.45, 7) is 2.93. The number of ketones is 1. The van der Waals surface area contributed by atoms with Crippen LogP contribution < -0.4 is 5.32 Å². The van der Waals surface area contributed by atoms with Crippen LogP contribution in [0.25, 0.3) is 5.57 Å². The Morgan fingerprint density at radius 2 is 2.20 bits per heavy atom. The molecule has 1 aromatic carbocycles. The molecule has 5 heteroatoms. The lowest BCUT2D eigenvalue weighted by Crippen LogP contribution is -2.27. The fourth-order valence-electron chi connectivity index (χ4n) is 3.04. The summed E-state index contributed by atoms with van der Waals surface area (Å²) in [5.41, 5.74) is 3.21. The number of methoxy groups -OCH3 is 1. The number of benzene rings is 1. The number of amidine groups is 1. The maximum absolute atomic E-state index is 11.7. The second kappa shape index (κ2) is 8.50. The van der Waals surface area contributed by atoms with Gasteiger partial charge in [0.05, 0.1) is 19.2 Å². The first-order valence-corrected chi connectivity index (χ1v) is 9.47. The van der Waals surface area contributed by atoms with E-state index in [2.05, 4.69) is 28.5 Å². The Balaban J connectivity index is 1.78. The van der Waals surface area contributed by atoms with Gasteiger partial charge >= 0.3 is 0 Å². The zero-order valence-electron chi connectivity index (χ0n) is 14.7. The van der Waals surface area contributed by atoms with Crippen molar-refractivity contribution in [3.8, 4) is 0 Å². The molecule has 0 amide bonds. The molecule has 1 unspecified atom stereocenters.